The summed E-state index contributed by atoms with van der Waals surface area (Å²) >= 11 is 0. The summed E-state index contributed by atoms with van der Waals surface area (Å²) < 4.78 is 0. The molecule has 2 aromatic rings. The lowest BCUT2D eigenvalue weighted by Crippen LogP contribution is -2.57. The smallest absolute Gasteiger partial charge is 0.270 e. The van der Waals surface area contributed by atoms with Crippen LogP contribution in [0.3, 0.4) is 0 Å². The molecule has 0 aromatic heterocycles. The number of nitrogens with zero attached hydrogens (tertiary/aromatic N) is 2. The van der Waals surface area contributed by atoms with Gasteiger partial charge in [0.1, 0.15) is 6.07 Å². The van der Waals surface area contributed by atoms with Gasteiger partial charge in [0.2, 0.25) is 0 Å². The van der Waals surface area contributed by atoms with Crippen molar-refractivity contribution < 1.29 is 4.79 Å². The fraction of sp³-hybridized carbons (Fsp3) is 0.292. The van der Waals surface area contributed by atoms with Gasteiger partial charge >= 0.3 is 0 Å². The number of hydrogen-bond acceptors (Lipinski definition) is 7. The Hall–Kier alpha value is -3.83. The Morgan fingerprint density at radius 3 is 2.62 bits per heavy atom. The van der Waals surface area contributed by atoms with Crippen LogP contribution in [-0.2, 0) is 4.79 Å². The predicted molar refractivity (Wildman–Crippen MR) is 126 cm³/mol. The van der Waals surface area contributed by atoms with E-state index >= 15 is 0 Å². The molecule has 8 heteroatoms. The SMILES string of the molecule is CNc1cccc(-c2cccc(NC(=O)C3(C)NC4=C(CCNC4)N3C)c2C#N)c1C=N. The Labute approximate surface area is 187 Å². The van der Waals surface area contributed by atoms with Gasteiger partial charge in [-0.15, -0.1) is 0 Å². The van der Waals surface area contributed by atoms with Gasteiger partial charge in [0.05, 0.1) is 11.3 Å². The molecular weight excluding hydrogens is 402 g/mol. The van der Waals surface area contributed by atoms with E-state index in [0.29, 0.717) is 28.9 Å². The van der Waals surface area contributed by atoms with Crippen LogP contribution in [0.25, 0.3) is 11.1 Å². The van der Waals surface area contributed by atoms with Crippen LogP contribution in [0.15, 0.2) is 47.8 Å². The van der Waals surface area contributed by atoms with Gasteiger partial charge in [-0.3, -0.25) is 4.79 Å². The maximum atomic E-state index is 13.4. The van der Waals surface area contributed by atoms with Crippen molar-refractivity contribution in [1.82, 2.24) is 15.5 Å². The lowest BCUT2D eigenvalue weighted by atomic mass is 9.94. The fourth-order valence-corrected chi connectivity index (χ4v) is 4.44. The summed E-state index contributed by atoms with van der Waals surface area (Å²) in [7, 11) is 3.71. The average molecular weight is 430 g/mol. The quantitative estimate of drug-likeness (QED) is 0.467. The minimum atomic E-state index is -0.953. The van der Waals surface area contributed by atoms with E-state index in [2.05, 4.69) is 27.3 Å². The highest BCUT2D eigenvalue weighted by molar-refractivity contribution is 6.02. The first-order valence-corrected chi connectivity index (χ1v) is 10.6. The second kappa shape index (κ2) is 8.36. The van der Waals surface area contributed by atoms with Crippen LogP contribution in [0, 0.1) is 16.7 Å². The Balaban J connectivity index is 1.69. The third kappa shape index (κ3) is 3.37. The third-order valence-corrected chi connectivity index (χ3v) is 6.34. The van der Waals surface area contributed by atoms with Crippen molar-refractivity contribution in [3.8, 4) is 17.2 Å². The molecular formula is C24H27N7O. The number of nitriles is 1. The summed E-state index contributed by atoms with van der Waals surface area (Å²) in [4.78, 5) is 15.4. The first-order valence-electron chi connectivity index (χ1n) is 10.6. The summed E-state index contributed by atoms with van der Waals surface area (Å²) in [5.74, 6) is -0.237. The largest absolute Gasteiger partial charge is 0.388 e. The average Bonchev–Trinajstić information content (AvgIpc) is 3.09. The number of carbonyl (C=O) groups excluding carboxylic acids is 1. The summed E-state index contributed by atoms with van der Waals surface area (Å²) in [5.41, 5.74) is 4.92. The van der Waals surface area contributed by atoms with E-state index in [9.17, 15) is 10.1 Å². The van der Waals surface area contributed by atoms with Crippen molar-refractivity contribution in [3.05, 3.63) is 58.9 Å². The molecule has 0 radical (unpaired) electrons. The second-order valence-corrected chi connectivity index (χ2v) is 8.06. The van der Waals surface area contributed by atoms with Crippen LogP contribution in [0.4, 0.5) is 11.4 Å². The van der Waals surface area contributed by atoms with Crippen molar-refractivity contribution in [2.45, 2.75) is 19.0 Å². The standard InChI is InChI=1S/C24H27N7O/c1-24(30-21-14-28-11-10-22(21)31(24)3)23(32)29-20-9-5-7-16(18(20)13-26)15-6-4-8-19(27-2)17(15)12-25/h4-9,12,25,27-28,30H,10-11,14H2,1-3H3,(H,29,32). The summed E-state index contributed by atoms with van der Waals surface area (Å²) in [6, 6.07) is 13.3. The molecule has 5 N–H and O–H groups in total. The number of anilines is 2. The molecule has 2 aromatic carbocycles. The van der Waals surface area contributed by atoms with Crippen LogP contribution in [0.2, 0.25) is 0 Å². The van der Waals surface area contributed by atoms with Gasteiger partial charge in [0, 0.05) is 68.0 Å². The zero-order valence-electron chi connectivity index (χ0n) is 18.5. The molecule has 1 unspecified atom stereocenters. The fourth-order valence-electron chi connectivity index (χ4n) is 4.44. The van der Waals surface area contributed by atoms with E-state index in [1.807, 2.05) is 49.2 Å². The number of likely N-dealkylation sites (N-methyl/N-ethyl adjacent to an activating group) is 1. The monoisotopic (exact) mass is 429 g/mol. The zero-order chi connectivity index (χ0) is 22.9. The van der Waals surface area contributed by atoms with E-state index < -0.39 is 5.66 Å². The maximum Gasteiger partial charge on any atom is 0.270 e. The molecule has 0 bridgehead atoms. The highest BCUT2D eigenvalue weighted by Crippen LogP contribution is 2.35. The molecule has 1 atom stereocenters. The van der Waals surface area contributed by atoms with Crippen LogP contribution in [0.1, 0.15) is 24.5 Å². The third-order valence-electron chi connectivity index (χ3n) is 6.34. The molecule has 0 saturated carbocycles. The number of carbonyl (C=O) groups is 1. The summed E-state index contributed by atoms with van der Waals surface area (Å²) in [5, 5.41) is 30.6. The maximum absolute atomic E-state index is 13.4. The van der Waals surface area contributed by atoms with Crippen molar-refractivity contribution in [1.29, 1.82) is 10.7 Å². The minimum absolute atomic E-state index is 0.237. The number of hydrogen-bond donors (Lipinski definition) is 5. The molecule has 0 spiro atoms. The van der Waals surface area contributed by atoms with Gasteiger partial charge in [0.25, 0.3) is 5.91 Å². The lowest BCUT2D eigenvalue weighted by molar-refractivity contribution is -0.125. The van der Waals surface area contributed by atoms with E-state index in [4.69, 9.17) is 5.41 Å². The van der Waals surface area contributed by atoms with E-state index in [-0.39, 0.29) is 5.91 Å². The molecule has 0 aliphatic carbocycles. The summed E-state index contributed by atoms with van der Waals surface area (Å²) in [6.07, 6.45) is 2.13. The molecule has 2 aliphatic rings. The lowest BCUT2D eigenvalue weighted by Gasteiger charge is -2.34. The van der Waals surface area contributed by atoms with Crippen molar-refractivity contribution in [3.63, 3.8) is 0 Å². The van der Waals surface area contributed by atoms with Crippen molar-refractivity contribution >= 4 is 23.5 Å². The van der Waals surface area contributed by atoms with Gasteiger partial charge in [-0.25, -0.2) is 0 Å². The van der Waals surface area contributed by atoms with Crippen LogP contribution in [-0.4, -0.2) is 49.9 Å². The van der Waals surface area contributed by atoms with Crippen molar-refractivity contribution in [2.24, 2.45) is 0 Å². The van der Waals surface area contributed by atoms with Gasteiger partial charge < -0.3 is 31.6 Å². The van der Waals surface area contributed by atoms with Crippen LogP contribution in [0.5, 0.6) is 0 Å². The highest BCUT2D eigenvalue weighted by atomic mass is 16.2. The number of nitrogens with one attached hydrogen (secondary N) is 5. The first-order chi connectivity index (χ1) is 15.4. The van der Waals surface area contributed by atoms with Gasteiger partial charge in [-0.1, -0.05) is 24.3 Å². The Bertz CT molecular complexity index is 1160. The van der Waals surface area contributed by atoms with Gasteiger partial charge in [0.15, 0.2) is 5.66 Å². The van der Waals surface area contributed by atoms with Crippen LogP contribution >= 0.6 is 0 Å². The molecule has 1 amide bonds. The molecule has 2 heterocycles. The van der Waals surface area contributed by atoms with Crippen LogP contribution < -0.4 is 21.3 Å². The normalized spacial score (nSPS) is 19.6. The number of amides is 1. The number of rotatable bonds is 5. The van der Waals surface area contributed by atoms with Gasteiger partial charge in [-0.05, 0) is 24.6 Å². The second-order valence-electron chi connectivity index (χ2n) is 8.06. The minimum Gasteiger partial charge on any atom is -0.388 e. The van der Waals surface area contributed by atoms with E-state index in [0.717, 1.165) is 35.6 Å². The molecule has 0 saturated heterocycles. The van der Waals surface area contributed by atoms with E-state index in [1.165, 1.54) is 6.21 Å². The zero-order valence-corrected chi connectivity index (χ0v) is 18.5. The highest BCUT2D eigenvalue weighted by Gasteiger charge is 2.45. The number of benzene rings is 2. The van der Waals surface area contributed by atoms with Crippen molar-refractivity contribution in [2.75, 3.05) is 37.8 Å². The Kier molecular flexibility index (Phi) is 5.59. The van der Waals surface area contributed by atoms with E-state index in [1.54, 1.807) is 13.1 Å². The van der Waals surface area contributed by atoms with Gasteiger partial charge in [-0.2, -0.15) is 5.26 Å². The molecule has 8 nitrogen and oxygen atoms in total. The summed E-state index contributed by atoms with van der Waals surface area (Å²) in [6.45, 7) is 3.43. The predicted octanol–water partition coefficient (Wildman–Crippen LogP) is 2.66. The first kappa shape index (κ1) is 21.4. The molecule has 164 valence electrons. The molecule has 2 aliphatic heterocycles. The Morgan fingerprint density at radius 1 is 1.25 bits per heavy atom. The molecule has 0 fully saturated rings. The molecule has 4 rings (SSSR count). The molecule has 32 heavy (non-hydrogen) atoms. The topological polar surface area (TPSA) is 116 Å². The Morgan fingerprint density at radius 2 is 1.97 bits per heavy atom.